The molecule has 0 amide bonds. The normalized spacial score (nSPS) is 13.1. The Labute approximate surface area is 99.2 Å². The molecule has 1 heterocycles. The van der Waals surface area contributed by atoms with Crippen LogP contribution in [-0.4, -0.2) is 9.78 Å². The molecule has 0 aliphatic carbocycles. The van der Waals surface area contributed by atoms with Gasteiger partial charge in [-0.25, -0.2) is 4.68 Å². The highest BCUT2D eigenvalue weighted by Crippen LogP contribution is 2.26. The summed E-state index contributed by atoms with van der Waals surface area (Å²) in [4.78, 5) is 0. The molecule has 0 fully saturated rings. The van der Waals surface area contributed by atoms with E-state index in [1.165, 1.54) is 6.42 Å². The number of halogens is 1. The van der Waals surface area contributed by atoms with Crippen LogP contribution in [0.15, 0.2) is 0 Å². The molecular weight excluding hydrogens is 289 g/mol. The minimum atomic E-state index is 0.460. The van der Waals surface area contributed by atoms with E-state index in [1.807, 2.05) is 11.6 Å². The summed E-state index contributed by atoms with van der Waals surface area (Å²) in [7, 11) is 0. The Morgan fingerprint density at radius 3 is 2.50 bits per heavy atom. The van der Waals surface area contributed by atoms with Crippen LogP contribution < -0.4 is 5.73 Å². The Kier molecular flexibility index (Phi) is 4.22. The van der Waals surface area contributed by atoms with Crippen molar-refractivity contribution in [3.63, 3.8) is 0 Å². The van der Waals surface area contributed by atoms with Crippen molar-refractivity contribution in [2.45, 2.75) is 46.1 Å². The summed E-state index contributed by atoms with van der Waals surface area (Å²) in [6.45, 7) is 6.39. The van der Waals surface area contributed by atoms with Crippen LogP contribution in [0.25, 0.3) is 0 Å². The van der Waals surface area contributed by atoms with Crippen molar-refractivity contribution in [2.24, 2.45) is 0 Å². The second-order valence-corrected chi connectivity index (χ2v) is 4.66. The van der Waals surface area contributed by atoms with Gasteiger partial charge in [0.15, 0.2) is 0 Å². The molecule has 1 aromatic rings. The van der Waals surface area contributed by atoms with Crippen LogP contribution in [0.1, 0.15) is 44.8 Å². The van der Waals surface area contributed by atoms with E-state index in [1.54, 1.807) is 0 Å². The molecule has 0 bridgehead atoms. The van der Waals surface area contributed by atoms with Crippen molar-refractivity contribution in [3.8, 4) is 0 Å². The molecule has 0 radical (unpaired) electrons. The van der Waals surface area contributed by atoms with E-state index in [2.05, 4.69) is 41.5 Å². The average molecular weight is 307 g/mol. The summed E-state index contributed by atoms with van der Waals surface area (Å²) >= 11 is 2.26. The Balaban J connectivity index is 2.98. The molecule has 1 rings (SSSR count). The van der Waals surface area contributed by atoms with Crippen LogP contribution in [-0.2, 0) is 0 Å². The zero-order valence-corrected chi connectivity index (χ0v) is 11.2. The number of anilines is 1. The number of aryl methyl sites for hydroxylation is 1. The van der Waals surface area contributed by atoms with Crippen LogP contribution in [0.5, 0.6) is 0 Å². The Hall–Kier alpha value is -0.260. The van der Waals surface area contributed by atoms with E-state index in [0.717, 1.165) is 27.9 Å². The van der Waals surface area contributed by atoms with E-state index in [0.29, 0.717) is 6.04 Å². The monoisotopic (exact) mass is 307 g/mol. The quantitative estimate of drug-likeness (QED) is 0.869. The average Bonchev–Trinajstić information content (AvgIpc) is 2.42. The lowest BCUT2D eigenvalue weighted by molar-refractivity contribution is 0.413. The van der Waals surface area contributed by atoms with Crippen LogP contribution in [0.2, 0.25) is 0 Å². The topological polar surface area (TPSA) is 43.8 Å². The molecule has 4 heteroatoms. The number of hydrogen-bond donors (Lipinski definition) is 1. The molecule has 0 aromatic carbocycles. The van der Waals surface area contributed by atoms with Gasteiger partial charge in [-0.15, -0.1) is 0 Å². The van der Waals surface area contributed by atoms with Crippen LogP contribution in [0.4, 0.5) is 5.82 Å². The highest BCUT2D eigenvalue weighted by Gasteiger charge is 2.15. The summed E-state index contributed by atoms with van der Waals surface area (Å²) in [5.41, 5.74) is 7.04. The second kappa shape index (κ2) is 5.00. The van der Waals surface area contributed by atoms with Gasteiger partial charge in [-0.2, -0.15) is 5.10 Å². The molecule has 14 heavy (non-hydrogen) atoms. The summed E-state index contributed by atoms with van der Waals surface area (Å²) in [6, 6.07) is 0.460. The highest BCUT2D eigenvalue weighted by molar-refractivity contribution is 14.1. The number of hydrogen-bond acceptors (Lipinski definition) is 2. The maximum absolute atomic E-state index is 6.00. The van der Waals surface area contributed by atoms with Gasteiger partial charge in [0.1, 0.15) is 5.82 Å². The maximum Gasteiger partial charge on any atom is 0.135 e. The lowest BCUT2D eigenvalue weighted by Gasteiger charge is -2.15. The van der Waals surface area contributed by atoms with E-state index < -0.39 is 0 Å². The molecule has 80 valence electrons. The third-order valence-electron chi connectivity index (χ3n) is 2.49. The van der Waals surface area contributed by atoms with E-state index in [9.17, 15) is 0 Å². The van der Waals surface area contributed by atoms with Crippen molar-refractivity contribution in [3.05, 3.63) is 9.26 Å². The fourth-order valence-corrected chi connectivity index (χ4v) is 2.01. The van der Waals surface area contributed by atoms with Crippen molar-refractivity contribution in [2.75, 3.05) is 5.73 Å². The molecule has 3 nitrogen and oxygen atoms in total. The Morgan fingerprint density at radius 1 is 1.50 bits per heavy atom. The molecule has 1 atom stereocenters. The van der Waals surface area contributed by atoms with Gasteiger partial charge in [0.2, 0.25) is 0 Å². The zero-order valence-electron chi connectivity index (χ0n) is 9.05. The molecule has 0 saturated heterocycles. The summed E-state index contributed by atoms with van der Waals surface area (Å²) in [5, 5.41) is 4.48. The second-order valence-electron chi connectivity index (χ2n) is 3.58. The predicted octanol–water partition coefficient (Wildman–Crippen LogP) is 3.13. The van der Waals surface area contributed by atoms with E-state index in [-0.39, 0.29) is 0 Å². The fraction of sp³-hybridized carbons (Fsp3) is 0.700. The number of nitrogens with zero attached hydrogens (tertiary/aromatic N) is 2. The number of nitrogen functional groups attached to an aromatic ring is 1. The lowest BCUT2D eigenvalue weighted by Crippen LogP contribution is -2.12. The van der Waals surface area contributed by atoms with Gasteiger partial charge in [0, 0.05) is 0 Å². The first-order valence-electron chi connectivity index (χ1n) is 5.11. The number of rotatable bonds is 4. The molecule has 0 saturated carbocycles. The first-order chi connectivity index (χ1) is 6.61. The Morgan fingerprint density at radius 2 is 2.14 bits per heavy atom. The molecule has 2 N–H and O–H groups in total. The third kappa shape index (κ3) is 2.21. The maximum atomic E-state index is 6.00. The molecule has 1 aromatic heterocycles. The van der Waals surface area contributed by atoms with Crippen LogP contribution >= 0.6 is 22.6 Å². The smallest absolute Gasteiger partial charge is 0.135 e. The van der Waals surface area contributed by atoms with E-state index >= 15 is 0 Å². The standard InChI is InChI=1S/C10H18IN3/c1-4-6-8(5-2)14-10(12)9(11)7(3)13-14/h8H,4-6,12H2,1-3H3. The predicted molar refractivity (Wildman–Crippen MR) is 68.3 cm³/mol. The van der Waals surface area contributed by atoms with Gasteiger partial charge in [0.05, 0.1) is 15.3 Å². The minimum Gasteiger partial charge on any atom is -0.383 e. The number of nitrogens with two attached hydrogens (primary N) is 1. The van der Waals surface area contributed by atoms with Gasteiger partial charge in [-0.1, -0.05) is 20.3 Å². The van der Waals surface area contributed by atoms with Gasteiger partial charge < -0.3 is 5.73 Å². The van der Waals surface area contributed by atoms with Crippen molar-refractivity contribution < 1.29 is 0 Å². The number of aromatic nitrogens is 2. The van der Waals surface area contributed by atoms with Crippen LogP contribution in [0, 0.1) is 10.5 Å². The summed E-state index contributed by atoms with van der Waals surface area (Å²) < 4.78 is 3.08. The molecule has 0 aliphatic rings. The van der Waals surface area contributed by atoms with Crippen LogP contribution in [0.3, 0.4) is 0 Å². The fourth-order valence-electron chi connectivity index (χ4n) is 1.66. The SMILES string of the molecule is CCCC(CC)n1nc(C)c(I)c1N. The first-order valence-corrected chi connectivity index (χ1v) is 6.19. The van der Waals surface area contributed by atoms with Gasteiger partial charge in [-0.05, 0) is 42.4 Å². The summed E-state index contributed by atoms with van der Waals surface area (Å²) in [6.07, 6.45) is 3.42. The zero-order chi connectivity index (χ0) is 10.7. The lowest BCUT2D eigenvalue weighted by atomic mass is 10.1. The van der Waals surface area contributed by atoms with Gasteiger partial charge >= 0.3 is 0 Å². The van der Waals surface area contributed by atoms with Crippen molar-refractivity contribution in [1.82, 2.24) is 9.78 Å². The van der Waals surface area contributed by atoms with Crippen molar-refractivity contribution in [1.29, 1.82) is 0 Å². The highest BCUT2D eigenvalue weighted by atomic mass is 127. The largest absolute Gasteiger partial charge is 0.383 e. The molecule has 0 spiro atoms. The van der Waals surface area contributed by atoms with Gasteiger partial charge in [-0.3, -0.25) is 0 Å². The van der Waals surface area contributed by atoms with Gasteiger partial charge in [0.25, 0.3) is 0 Å². The molecular formula is C10H18IN3. The third-order valence-corrected chi connectivity index (χ3v) is 3.82. The molecule has 0 aliphatic heterocycles. The van der Waals surface area contributed by atoms with Crippen molar-refractivity contribution >= 4 is 28.4 Å². The first kappa shape index (κ1) is 11.8. The Bertz CT molecular complexity index is 307. The minimum absolute atomic E-state index is 0.460. The van der Waals surface area contributed by atoms with E-state index in [4.69, 9.17) is 5.73 Å². The summed E-state index contributed by atoms with van der Waals surface area (Å²) in [5.74, 6) is 0.823. The molecule has 1 unspecified atom stereocenters.